The molecule has 0 saturated heterocycles. The van der Waals surface area contributed by atoms with Gasteiger partial charge in [0.15, 0.2) is 12.2 Å². The van der Waals surface area contributed by atoms with E-state index in [1.54, 1.807) is 12.3 Å². The number of aliphatic hydroxyl groups excluding tert-OH is 1. The van der Waals surface area contributed by atoms with E-state index < -0.39 is 6.10 Å². The van der Waals surface area contributed by atoms with Gasteiger partial charge in [-0.15, -0.1) is 0 Å². The fraction of sp³-hybridized carbons (Fsp3) is 0.483. The van der Waals surface area contributed by atoms with Gasteiger partial charge in [0.1, 0.15) is 24.0 Å². The molecule has 1 fully saturated rings. The van der Waals surface area contributed by atoms with Crippen molar-refractivity contribution in [3.8, 4) is 5.75 Å². The predicted molar refractivity (Wildman–Crippen MR) is 149 cm³/mol. The molecular formula is C29H38N6O4. The van der Waals surface area contributed by atoms with Crippen molar-refractivity contribution in [2.75, 3.05) is 43.4 Å². The third-order valence-electron chi connectivity index (χ3n) is 7.50. The summed E-state index contributed by atoms with van der Waals surface area (Å²) < 4.78 is 11.0. The largest absolute Gasteiger partial charge is 0.486 e. The Morgan fingerprint density at radius 2 is 2.15 bits per heavy atom. The molecule has 3 heterocycles. The Labute approximate surface area is 229 Å². The van der Waals surface area contributed by atoms with Gasteiger partial charge in [-0.2, -0.15) is 0 Å². The summed E-state index contributed by atoms with van der Waals surface area (Å²) in [4.78, 5) is 25.8. The van der Waals surface area contributed by atoms with Crippen molar-refractivity contribution in [1.82, 2.24) is 20.2 Å². The number of nitrogens with one attached hydrogen (secondary N) is 2. The SMILES string of the molecule is CCN(C)c1cc(C(=O)NCC(O)CN2CCc3cc(OCc4cnco4)ccc3C2)cc(NC2CCC2)n1. The molecule has 10 nitrogen and oxygen atoms in total. The van der Waals surface area contributed by atoms with E-state index in [0.29, 0.717) is 30.5 Å². The van der Waals surface area contributed by atoms with E-state index in [0.717, 1.165) is 56.3 Å². The van der Waals surface area contributed by atoms with Gasteiger partial charge < -0.3 is 29.8 Å². The number of hydrogen-bond acceptors (Lipinski definition) is 9. The summed E-state index contributed by atoms with van der Waals surface area (Å²) in [6, 6.07) is 10.1. The average Bonchev–Trinajstić information content (AvgIpc) is 3.45. The van der Waals surface area contributed by atoms with Crippen molar-refractivity contribution in [2.24, 2.45) is 0 Å². The lowest BCUT2D eigenvalue weighted by Crippen LogP contribution is -2.42. The summed E-state index contributed by atoms with van der Waals surface area (Å²) in [7, 11) is 1.96. The topological polar surface area (TPSA) is 116 Å². The highest BCUT2D eigenvalue weighted by Crippen LogP contribution is 2.26. The molecule has 3 aromatic rings. The van der Waals surface area contributed by atoms with E-state index >= 15 is 0 Å². The van der Waals surface area contributed by atoms with Crippen LogP contribution in [0.25, 0.3) is 0 Å². The Morgan fingerprint density at radius 1 is 1.28 bits per heavy atom. The molecule has 0 bridgehead atoms. The van der Waals surface area contributed by atoms with Crippen LogP contribution in [0, 0.1) is 0 Å². The Morgan fingerprint density at radius 3 is 2.90 bits per heavy atom. The molecule has 1 aliphatic carbocycles. The fourth-order valence-corrected chi connectivity index (χ4v) is 4.82. The fourth-order valence-electron chi connectivity index (χ4n) is 4.82. The number of nitrogens with zero attached hydrogens (tertiary/aromatic N) is 4. The van der Waals surface area contributed by atoms with Crippen LogP contribution in [0.5, 0.6) is 5.75 Å². The van der Waals surface area contributed by atoms with Gasteiger partial charge >= 0.3 is 0 Å². The molecule has 2 aromatic heterocycles. The molecule has 3 N–H and O–H groups in total. The average molecular weight is 535 g/mol. The third-order valence-corrected chi connectivity index (χ3v) is 7.50. The molecule has 39 heavy (non-hydrogen) atoms. The molecule has 5 rings (SSSR count). The van der Waals surface area contributed by atoms with E-state index in [1.807, 2.05) is 24.1 Å². The van der Waals surface area contributed by atoms with Crippen LogP contribution in [0.4, 0.5) is 11.6 Å². The number of hydrogen-bond donors (Lipinski definition) is 3. The van der Waals surface area contributed by atoms with Crippen LogP contribution < -0.4 is 20.3 Å². The van der Waals surface area contributed by atoms with E-state index in [4.69, 9.17) is 14.1 Å². The first-order valence-corrected chi connectivity index (χ1v) is 13.8. The Bertz CT molecular complexity index is 1250. The lowest BCUT2D eigenvalue weighted by Gasteiger charge is -2.30. The van der Waals surface area contributed by atoms with Crippen LogP contribution in [-0.4, -0.2) is 71.3 Å². The van der Waals surface area contributed by atoms with E-state index in [-0.39, 0.29) is 12.5 Å². The zero-order chi connectivity index (χ0) is 27.2. The van der Waals surface area contributed by atoms with Crippen LogP contribution >= 0.6 is 0 Å². The number of amides is 1. The molecule has 208 valence electrons. The first-order chi connectivity index (χ1) is 19.0. The van der Waals surface area contributed by atoms with Crippen molar-refractivity contribution in [1.29, 1.82) is 0 Å². The minimum Gasteiger partial charge on any atom is -0.486 e. The lowest BCUT2D eigenvalue weighted by molar-refractivity contribution is 0.0841. The summed E-state index contributed by atoms with van der Waals surface area (Å²) in [5.74, 6) is 2.76. The first kappa shape index (κ1) is 27.0. The maximum absolute atomic E-state index is 13.0. The van der Waals surface area contributed by atoms with Crippen LogP contribution in [0.3, 0.4) is 0 Å². The summed E-state index contributed by atoms with van der Waals surface area (Å²) >= 11 is 0. The first-order valence-electron chi connectivity index (χ1n) is 13.8. The molecule has 1 atom stereocenters. The van der Waals surface area contributed by atoms with Crippen molar-refractivity contribution in [3.05, 3.63) is 65.4 Å². The Hall–Kier alpha value is -3.63. The molecular weight excluding hydrogens is 496 g/mol. The molecule has 1 aliphatic heterocycles. The van der Waals surface area contributed by atoms with E-state index in [1.165, 1.54) is 23.9 Å². The lowest BCUT2D eigenvalue weighted by atomic mass is 9.93. The number of benzene rings is 1. The van der Waals surface area contributed by atoms with E-state index in [9.17, 15) is 9.90 Å². The maximum Gasteiger partial charge on any atom is 0.251 e. The maximum atomic E-state index is 13.0. The summed E-state index contributed by atoms with van der Waals surface area (Å²) in [6.45, 7) is 5.43. The van der Waals surface area contributed by atoms with Gasteiger partial charge in [0, 0.05) is 51.4 Å². The number of ether oxygens (including phenoxy) is 1. The van der Waals surface area contributed by atoms with Gasteiger partial charge in [-0.25, -0.2) is 9.97 Å². The van der Waals surface area contributed by atoms with Gasteiger partial charge in [-0.3, -0.25) is 9.69 Å². The number of anilines is 2. The monoisotopic (exact) mass is 534 g/mol. The van der Waals surface area contributed by atoms with Gasteiger partial charge in [0.25, 0.3) is 5.91 Å². The molecule has 0 spiro atoms. The molecule has 1 amide bonds. The third kappa shape index (κ3) is 7.07. The number of carbonyl (C=O) groups excluding carboxylic acids is 1. The molecule has 2 aliphatic rings. The van der Waals surface area contributed by atoms with Crippen LogP contribution in [0.1, 0.15) is 53.4 Å². The predicted octanol–water partition coefficient (Wildman–Crippen LogP) is 3.22. The molecule has 1 saturated carbocycles. The van der Waals surface area contributed by atoms with Crippen molar-refractivity contribution in [3.63, 3.8) is 0 Å². The number of aliphatic hydroxyl groups is 1. The van der Waals surface area contributed by atoms with Crippen molar-refractivity contribution < 1.29 is 19.1 Å². The Balaban J connectivity index is 1.12. The van der Waals surface area contributed by atoms with Crippen LogP contribution in [-0.2, 0) is 19.6 Å². The van der Waals surface area contributed by atoms with Gasteiger partial charge in [-0.1, -0.05) is 6.07 Å². The standard InChI is InChI=1S/C29H38N6O4/c1-3-34(2)28-13-22(12-27(33-28)32-23-5-4-6-23)29(37)31-14-24(36)17-35-10-9-20-11-25(8-7-21(20)16-35)38-18-26-15-30-19-39-26/h7-8,11-13,15,19,23-24,36H,3-6,9-10,14,16-18H2,1-2H3,(H,31,37)(H,32,33). The highest BCUT2D eigenvalue weighted by molar-refractivity contribution is 5.95. The van der Waals surface area contributed by atoms with Gasteiger partial charge in [0.2, 0.25) is 0 Å². The number of carbonyl (C=O) groups is 1. The molecule has 0 radical (unpaired) electrons. The zero-order valence-electron chi connectivity index (χ0n) is 22.7. The summed E-state index contributed by atoms with van der Waals surface area (Å²) in [5.41, 5.74) is 3.02. The normalized spacial score (nSPS) is 16.2. The minimum atomic E-state index is -0.674. The van der Waals surface area contributed by atoms with Crippen molar-refractivity contribution >= 4 is 17.5 Å². The smallest absolute Gasteiger partial charge is 0.251 e. The number of rotatable bonds is 12. The van der Waals surface area contributed by atoms with Gasteiger partial charge in [0.05, 0.1) is 12.3 Å². The second-order valence-corrected chi connectivity index (χ2v) is 10.4. The van der Waals surface area contributed by atoms with Crippen LogP contribution in [0.2, 0.25) is 0 Å². The quantitative estimate of drug-likeness (QED) is 0.322. The summed E-state index contributed by atoms with van der Waals surface area (Å²) in [6.07, 6.45) is 6.72. The highest BCUT2D eigenvalue weighted by Gasteiger charge is 2.22. The molecule has 1 aromatic carbocycles. The number of oxazole rings is 1. The van der Waals surface area contributed by atoms with Crippen LogP contribution in [0.15, 0.2) is 47.3 Å². The molecule has 1 unspecified atom stereocenters. The second-order valence-electron chi connectivity index (χ2n) is 10.4. The second kappa shape index (κ2) is 12.5. The van der Waals surface area contributed by atoms with E-state index in [2.05, 4.69) is 39.6 Å². The summed E-state index contributed by atoms with van der Waals surface area (Å²) in [5, 5.41) is 17.1. The zero-order valence-corrected chi connectivity index (χ0v) is 22.7. The number of pyridine rings is 1. The minimum absolute atomic E-state index is 0.184. The van der Waals surface area contributed by atoms with Gasteiger partial charge in [-0.05, 0) is 68.0 Å². The number of β-amino-alcohol motifs (C(OH)–C–C–N with tert-alkyl or cyclic N) is 1. The highest BCUT2D eigenvalue weighted by atomic mass is 16.5. The number of aromatic nitrogens is 2. The van der Waals surface area contributed by atoms with Crippen molar-refractivity contribution in [2.45, 2.75) is 57.9 Å². The molecule has 10 heteroatoms. The Kier molecular flexibility index (Phi) is 8.63. The number of fused-ring (bicyclic) bond motifs is 1.